The first-order chi connectivity index (χ1) is 16.2. The molecule has 1 aromatic heterocycles. The van der Waals surface area contributed by atoms with E-state index in [0.29, 0.717) is 5.92 Å². The Balaban J connectivity index is 1.67. The van der Waals surface area contributed by atoms with Gasteiger partial charge in [-0.25, -0.2) is 4.99 Å². The van der Waals surface area contributed by atoms with Crippen molar-refractivity contribution < 1.29 is 4.42 Å². The number of furan rings is 1. The third-order valence-corrected chi connectivity index (χ3v) is 7.04. The second-order valence-electron chi connectivity index (χ2n) is 11.3. The summed E-state index contributed by atoms with van der Waals surface area (Å²) in [4.78, 5) is 5.23. The molecular formula is C32H31NO. The van der Waals surface area contributed by atoms with Gasteiger partial charge in [-0.2, -0.15) is 0 Å². The summed E-state index contributed by atoms with van der Waals surface area (Å²) in [6.07, 6.45) is 1.07. The van der Waals surface area contributed by atoms with Crippen molar-refractivity contribution in [2.24, 2.45) is 10.9 Å². The number of rotatable bonds is 3. The van der Waals surface area contributed by atoms with Gasteiger partial charge in [-0.05, 0) is 77.1 Å². The van der Waals surface area contributed by atoms with E-state index in [1.54, 1.807) is 0 Å². The first-order valence-electron chi connectivity index (χ1n) is 12.3. The number of aliphatic imine (C=N–C) groups is 1. The van der Waals surface area contributed by atoms with Crippen molar-refractivity contribution in [2.45, 2.75) is 53.4 Å². The summed E-state index contributed by atoms with van der Waals surface area (Å²) >= 11 is 0. The molecule has 1 aliphatic heterocycles. The molecule has 0 radical (unpaired) electrons. The lowest BCUT2D eigenvalue weighted by atomic mass is 9.82. The predicted octanol–water partition coefficient (Wildman–Crippen LogP) is 9.03. The molecular weight excluding hydrogens is 414 g/mol. The van der Waals surface area contributed by atoms with Gasteiger partial charge in [-0.3, -0.25) is 0 Å². The first kappa shape index (κ1) is 21.2. The molecule has 0 atom stereocenters. The minimum Gasteiger partial charge on any atom is -0.455 e. The third kappa shape index (κ3) is 3.20. The molecule has 5 aromatic rings. The van der Waals surface area contributed by atoms with Crippen LogP contribution in [0.5, 0.6) is 0 Å². The smallest absolute Gasteiger partial charge is 0.144 e. The van der Waals surface area contributed by atoms with E-state index in [1.165, 1.54) is 33.0 Å². The quantitative estimate of drug-likeness (QED) is 0.267. The van der Waals surface area contributed by atoms with Crippen LogP contribution in [0.25, 0.3) is 32.7 Å². The van der Waals surface area contributed by atoms with Gasteiger partial charge in [0.15, 0.2) is 0 Å². The monoisotopic (exact) mass is 445 g/mol. The van der Waals surface area contributed by atoms with E-state index in [1.807, 2.05) is 6.07 Å². The van der Waals surface area contributed by atoms with Crippen molar-refractivity contribution in [3.63, 3.8) is 0 Å². The maximum atomic E-state index is 6.44. The summed E-state index contributed by atoms with van der Waals surface area (Å²) in [5, 5.41) is 4.95. The molecule has 2 heterocycles. The minimum atomic E-state index is 0.0464. The molecule has 170 valence electrons. The number of benzene rings is 4. The maximum absolute atomic E-state index is 6.44. The number of fused-ring (bicyclic) bond motifs is 3. The van der Waals surface area contributed by atoms with Gasteiger partial charge in [0, 0.05) is 27.3 Å². The molecule has 0 saturated carbocycles. The standard InChI is InChI=1S/C32H31NO/c1-18(2)13-20-11-12-27-29-23(20)16-21(32(4,5)6)17-25(29)30(33-27)26-15-19(3)14-24-22-9-7-8-10-28(22)34-31(24)26/h7-12,14-18H,13H2,1-6H3. The lowest BCUT2D eigenvalue weighted by molar-refractivity contribution is 0.591. The lowest BCUT2D eigenvalue weighted by Gasteiger charge is -2.22. The van der Waals surface area contributed by atoms with Crippen molar-refractivity contribution in [2.75, 3.05) is 0 Å². The molecule has 6 rings (SSSR count). The Bertz CT molecular complexity index is 1640. The van der Waals surface area contributed by atoms with E-state index in [0.717, 1.165) is 45.3 Å². The van der Waals surface area contributed by atoms with Crippen LogP contribution in [0.4, 0.5) is 5.69 Å². The number of hydrogen-bond acceptors (Lipinski definition) is 2. The summed E-state index contributed by atoms with van der Waals surface area (Å²) in [6, 6.07) is 22.0. The summed E-state index contributed by atoms with van der Waals surface area (Å²) < 4.78 is 6.44. The third-order valence-electron chi connectivity index (χ3n) is 7.04. The van der Waals surface area contributed by atoms with Gasteiger partial charge in [0.25, 0.3) is 0 Å². The highest BCUT2D eigenvalue weighted by molar-refractivity contribution is 6.30. The van der Waals surface area contributed by atoms with Crippen LogP contribution < -0.4 is 0 Å². The molecule has 0 aliphatic carbocycles. The molecule has 0 amide bonds. The predicted molar refractivity (Wildman–Crippen MR) is 145 cm³/mol. The average Bonchev–Trinajstić information content (AvgIpc) is 3.33. The fourth-order valence-electron chi connectivity index (χ4n) is 5.39. The number of aryl methyl sites for hydroxylation is 1. The van der Waals surface area contributed by atoms with Crippen molar-refractivity contribution in [1.82, 2.24) is 0 Å². The fraction of sp³-hybridized carbons (Fsp3) is 0.281. The van der Waals surface area contributed by atoms with Crippen LogP contribution in [0.3, 0.4) is 0 Å². The Labute approximate surface area is 201 Å². The van der Waals surface area contributed by atoms with Crippen LogP contribution in [-0.4, -0.2) is 5.71 Å². The molecule has 1 aliphatic rings. The lowest BCUT2D eigenvalue weighted by Crippen LogP contribution is -2.13. The summed E-state index contributed by atoms with van der Waals surface area (Å²) in [7, 11) is 0. The summed E-state index contributed by atoms with van der Waals surface area (Å²) in [5.74, 6) is 0.601. The fourth-order valence-corrected chi connectivity index (χ4v) is 5.39. The van der Waals surface area contributed by atoms with Gasteiger partial charge in [-0.15, -0.1) is 0 Å². The second-order valence-corrected chi connectivity index (χ2v) is 11.3. The zero-order chi connectivity index (χ0) is 23.8. The van der Waals surface area contributed by atoms with E-state index in [2.05, 4.69) is 96.1 Å². The molecule has 2 heteroatoms. The van der Waals surface area contributed by atoms with Gasteiger partial charge >= 0.3 is 0 Å². The van der Waals surface area contributed by atoms with E-state index < -0.39 is 0 Å². The molecule has 0 spiro atoms. The van der Waals surface area contributed by atoms with Crippen LogP contribution in [0.15, 0.2) is 70.1 Å². The van der Waals surface area contributed by atoms with Crippen molar-refractivity contribution in [3.05, 3.63) is 88.5 Å². The molecule has 4 aromatic carbocycles. The van der Waals surface area contributed by atoms with Gasteiger partial charge in [-0.1, -0.05) is 65.0 Å². The van der Waals surface area contributed by atoms with Crippen LogP contribution in [-0.2, 0) is 11.8 Å². The van der Waals surface area contributed by atoms with Crippen molar-refractivity contribution in [3.8, 4) is 0 Å². The van der Waals surface area contributed by atoms with Crippen LogP contribution in [0.2, 0.25) is 0 Å². The molecule has 0 N–H and O–H groups in total. The van der Waals surface area contributed by atoms with Crippen LogP contribution >= 0.6 is 0 Å². The largest absolute Gasteiger partial charge is 0.455 e. The molecule has 34 heavy (non-hydrogen) atoms. The van der Waals surface area contributed by atoms with Crippen molar-refractivity contribution >= 4 is 44.1 Å². The van der Waals surface area contributed by atoms with Crippen LogP contribution in [0.1, 0.15) is 62.4 Å². The van der Waals surface area contributed by atoms with E-state index in [-0.39, 0.29) is 5.41 Å². The van der Waals surface area contributed by atoms with Gasteiger partial charge in [0.1, 0.15) is 11.2 Å². The highest BCUT2D eigenvalue weighted by Crippen LogP contribution is 2.43. The highest BCUT2D eigenvalue weighted by Gasteiger charge is 2.27. The molecule has 0 bridgehead atoms. The number of nitrogens with zero attached hydrogens (tertiary/aromatic N) is 1. The molecule has 0 fully saturated rings. The normalized spacial score (nSPS) is 13.6. The number of para-hydroxylation sites is 1. The molecule has 2 nitrogen and oxygen atoms in total. The summed E-state index contributed by atoms with van der Waals surface area (Å²) in [6.45, 7) is 13.6. The SMILES string of the molecule is Cc1cc(C2=Nc3ccc(CC(C)C)c4cc(C(C)(C)C)cc2c34)c2oc3ccccc3c2c1. The van der Waals surface area contributed by atoms with E-state index >= 15 is 0 Å². The minimum absolute atomic E-state index is 0.0464. The zero-order valence-corrected chi connectivity index (χ0v) is 20.9. The Morgan fingerprint density at radius 2 is 1.65 bits per heavy atom. The van der Waals surface area contributed by atoms with Crippen molar-refractivity contribution in [1.29, 1.82) is 0 Å². The molecule has 0 unspecified atom stereocenters. The molecule has 0 saturated heterocycles. The topological polar surface area (TPSA) is 25.5 Å². The zero-order valence-electron chi connectivity index (χ0n) is 20.9. The Kier molecular flexibility index (Phi) is 4.55. The second kappa shape index (κ2) is 7.30. The Morgan fingerprint density at radius 1 is 0.853 bits per heavy atom. The van der Waals surface area contributed by atoms with E-state index in [4.69, 9.17) is 9.41 Å². The van der Waals surface area contributed by atoms with Crippen LogP contribution in [0, 0.1) is 12.8 Å². The number of hydrogen-bond donors (Lipinski definition) is 0. The average molecular weight is 446 g/mol. The Hall–Kier alpha value is -3.39. The van der Waals surface area contributed by atoms with Gasteiger partial charge in [0.2, 0.25) is 0 Å². The van der Waals surface area contributed by atoms with E-state index in [9.17, 15) is 0 Å². The maximum Gasteiger partial charge on any atom is 0.144 e. The summed E-state index contributed by atoms with van der Waals surface area (Å²) in [5.41, 5.74) is 10.3. The van der Waals surface area contributed by atoms with Gasteiger partial charge < -0.3 is 4.42 Å². The van der Waals surface area contributed by atoms with Gasteiger partial charge in [0.05, 0.1) is 11.4 Å². The first-order valence-corrected chi connectivity index (χ1v) is 12.3. The Morgan fingerprint density at radius 3 is 2.41 bits per heavy atom. The highest BCUT2D eigenvalue weighted by atomic mass is 16.3.